The Bertz CT molecular complexity index is 483. The first-order chi connectivity index (χ1) is 10.6. The highest BCUT2D eigenvalue weighted by Crippen LogP contribution is 2.30. The summed E-state index contributed by atoms with van der Waals surface area (Å²) in [5.41, 5.74) is 1.82. The smallest absolute Gasteiger partial charge is 0.128 e. The van der Waals surface area contributed by atoms with Crippen LogP contribution in [0, 0.1) is 0 Å². The van der Waals surface area contributed by atoms with Gasteiger partial charge in [0.25, 0.3) is 0 Å². The lowest BCUT2D eigenvalue weighted by atomic mass is 9.97. The first kappa shape index (κ1) is 18.3. The van der Waals surface area contributed by atoms with Crippen LogP contribution in [0.1, 0.15) is 76.3 Å². The van der Waals surface area contributed by atoms with Crippen LogP contribution in [0.15, 0.2) is 17.3 Å². The Kier molecular flexibility index (Phi) is 8.41. The molecule has 1 aromatic rings. The molecule has 4 nitrogen and oxygen atoms in total. The van der Waals surface area contributed by atoms with E-state index in [9.17, 15) is 15.4 Å². The van der Waals surface area contributed by atoms with Crippen LogP contribution in [-0.2, 0) is 6.42 Å². The molecule has 0 saturated carbocycles. The second-order valence-electron chi connectivity index (χ2n) is 5.81. The number of hydrogen-bond acceptors (Lipinski definition) is 4. The minimum atomic E-state index is -0.0286. The van der Waals surface area contributed by atoms with Gasteiger partial charge in [0, 0.05) is 11.6 Å². The van der Waals surface area contributed by atoms with Crippen LogP contribution < -0.4 is 0 Å². The van der Waals surface area contributed by atoms with Crippen LogP contribution in [0.5, 0.6) is 11.5 Å². The van der Waals surface area contributed by atoms with Crippen LogP contribution >= 0.6 is 0 Å². The van der Waals surface area contributed by atoms with Crippen molar-refractivity contribution in [2.45, 2.75) is 71.6 Å². The Balaban J connectivity index is 2.84. The molecule has 22 heavy (non-hydrogen) atoms. The minimum Gasteiger partial charge on any atom is -0.508 e. The Morgan fingerprint density at radius 2 is 1.59 bits per heavy atom. The summed E-state index contributed by atoms with van der Waals surface area (Å²) in [5, 5.41) is 32.6. The predicted octanol–water partition coefficient (Wildman–Crippen LogP) is 4.98. The molecule has 124 valence electrons. The summed E-state index contributed by atoms with van der Waals surface area (Å²) < 4.78 is 0. The van der Waals surface area contributed by atoms with E-state index >= 15 is 0 Å². The van der Waals surface area contributed by atoms with Gasteiger partial charge >= 0.3 is 0 Å². The van der Waals surface area contributed by atoms with Crippen molar-refractivity contribution in [3.8, 4) is 11.5 Å². The van der Waals surface area contributed by atoms with Gasteiger partial charge in [-0.05, 0) is 37.3 Å². The van der Waals surface area contributed by atoms with E-state index in [2.05, 4.69) is 19.0 Å². The maximum Gasteiger partial charge on any atom is 0.128 e. The zero-order chi connectivity index (χ0) is 16.4. The Morgan fingerprint density at radius 1 is 0.909 bits per heavy atom. The van der Waals surface area contributed by atoms with Crippen LogP contribution in [-0.4, -0.2) is 21.1 Å². The van der Waals surface area contributed by atoms with E-state index in [0.29, 0.717) is 17.7 Å². The van der Waals surface area contributed by atoms with Gasteiger partial charge in [-0.15, -0.1) is 0 Å². The van der Waals surface area contributed by atoms with Gasteiger partial charge in [0.2, 0.25) is 0 Å². The van der Waals surface area contributed by atoms with Crippen LogP contribution in [0.25, 0.3) is 0 Å². The highest BCUT2D eigenvalue weighted by atomic mass is 16.4. The summed E-state index contributed by atoms with van der Waals surface area (Å²) in [7, 11) is 0. The molecule has 0 radical (unpaired) electrons. The van der Waals surface area contributed by atoms with E-state index in [0.717, 1.165) is 44.1 Å². The number of nitrogens with zero attached hydrogens (tertiary/aromatic N) is 1. The molecule has 0 aliphatic carbocycles. The maximum atomic E-state index is 10.0. The van der Waals surface area contributed by atoms with Gasteiger partial charge in [-0.2, -0.15) is 0 Å². The van der Waals surface area contributed by atoms with Crippen molar-refractivity contribution >= 4 is 5.71 Å². The highest BCUT2D eigenvalue weighted by molar-refractivity contribution is 6.02. The largest absolute Gasteiger partial charge is 0.508 e. The Hall–Kier alpha value is -1.71. The molecular formula is C18H29NO3. The quantitative estimate of drug-likeness (QED) is 0.247. The standard InChI is InChI=1S/C18H29NO3/c1-3-5-7-9-10-14-12-15(18(21)13-17(14)20)16(19-22)11-8-6-4-2/h12-13,20-22H,3-11H2,1-2H3/b19-16-. The lowest BCUT2D eigenvalue weighted by Gasteiger charge is -2.11. The van der Waals surface area contributed by atoms with Crippen LogP contribution in [0.2, 0.25) is 0 Å². The van der Waals surface area contributed by atoms with Crippen molar-refractivity contribution < 1.29 is 15.4 Å². The third kappa shape index (κ3) is 5.58. The van der Waals surface area contributed by atoms with E-state index in [-0.39, 0.29) is 11.5 Å². The van der Waals surface area contributed by atoms with Crippen molar-refractivity contribution in [3.63, 3.8) is 0 Å². The first-order valence-corrected chi connectivity index (χ1v) is 8.40. The molecule has 0 atom stereocenters. The van der Waals surface area contributed by atoms with E-state index in [1.807, 2.05) is 0 Å². The molecule has 0 fully saturated rings. The number of oxime groups is 1. The van der Waals surface area contributed by atoms with Gasteiger partial charge in [-0.25, -0.2) is 0 Å². The molecule has 0 bridgehead atoms. The zero-order valence-electron chi connectivity index (χ0n) is 13.8. The van der Waals surface area contributed by atoms with Gasteiger partial charge < -0.3 is 15.4 Å². The molecule has 0 unspecified atom stereocenters. The van der Waals surface area contributed by atoms with Crippen molar-refractivity contribution in [2.24, 2.45) is 5.16 Å². The van der Waals surface area contributed by atoms with Gasteiger partial charge in [0.1, 0.15) is 11.5 Å². The number of phenolic OH excluding ortho intramolecular Hbond substituents is 2. The van der Waals surface area contributed by atoms with E-state index in [4.69, 9.17) is 0 Å². The molecule has 0 spiro atoms. The maximum absolute atomic E-state index is 10.0. The van der Waals surface area contributed by atoms with Gasteiger partial charge in [-0.1, -0.05) is 51.1 Å². The molecule has 0 heterocycles. The average Bonchev–Trinajstić information content (AvgIpc) is 2.50. The molecule has 0 amide bonds. The minimum absolute atomic E-state index is 0.0286. The van der Waals surface area contributed by atoms with Crippen LogP contribution in [0.4, 0.5) is 0 Å². The number of aryl methyl sites for hydroxylation is 1. The number of hydrogen-bond donors (Lipinski definition) is 3. The number of rotatable bonds is 10. The third-order valence-electron chi connectivity index (χ3n) is 3.95. The van der Waals surface area contributed by atoms with Crippen molar-refractivity contribution in [1.29, 1.82) is 0 Å². The van der Waals surface area contributed by atoms with Crippen LogP contribution in [0.3, 0.4) is 0 Å². The monoisotopic (exact) mass is 307 g/mol. The summed E-state index contributed by atoms with van der Waals surface area (Å²) in [4.78, 5) is 0. The molecule has 0 aliphatic rings. The van der Waals surface area contributed by atoms with E-state index in [1.54, 1.807) is 6.07 Å². The SMILES string of the molecule is CCCCCCc1cc(/C(CCCCC)=N\O)c(O)cc1O. The summed E-state index contributed by atoms with van der Waals surface area (Å²) in [6.07, 6.45) is 8.95. The fourth-order valence-corrected chi connectivity index (χ4v) is 2.58. The number of phenols is 2. The fourth-order valence-electron chi connectivity index (χ4n) is 2.58. The Labute approximate surface area is 133 Å². The lowest BCUT2D eigenvalue weighted by Crippen LogP contribution is -2.03. The first-order valence-electron chi connectivity index (χ1n) is 8.40. The Morgan fingerprint density at radius 3 is 2.23 bits per heavy atom. The summed E-state index contributed by atoms with van der Waals surface area (Å²) >= 11 is 0. The zero-order valence-corrected chi connectivity index (χ0v) is 13.8. The highest BCUT2D eigenvalue weighted by Gasteiger charge is 2.14. The molecular weight excluding hydrogens is 278 g/mol. The average molecular weight is 307 g/mol. The molecule has 0 aliphatic heterocycles. The molecule has 0 aromatic heterocycles. The van der Waals surface area contributed by atoms with Crippen molar-refractivity contribution in [2.75, 3.05) is 0 Å². The van der Waals surface area contributed by atoms with Gasteiger partial charge in [-0.3, -0.25) is 0 Å². The normalized spacial score (nSPS) is 11.8. The topological polar surface area (TPSA) is 73.1 Å². The second-order valence-corrected chi connectivity index (χ2v) is 5.81. The molecule has 1 rings (SSSR count). The lowest BCUT2D eigenvalue weighted by molar-refractivity contribution is 0.317. The number of unbranched alkanes of at least 4 members (excludes halogenated alkanes) is 5. The number of benzene rings is 1. The summed E-state index contributed by atoms with van der Waals surface area (Å²) in [6.45, 7) is 4.28. The summed E-state index contributed by atoms with van der Waals surface area (Å²) in [6, 6.07) is 3.12. The third-order valence-corrected chi connectivity index (χ3v) is 3.95. The van der Waals surface area contributed by atoms with Gasteiger partial charge in [0.05, 0.1) is 5.71 Å². The molecule has 3 N–H and O–H groups in total. The molecule has 4 heteroatoms. The summed E-state index contributed by atoms with van der Waals surface area (Å²) in [5.74, 6) is 0.0858. The van der Waals surface area contributed by atoms with E-state index in [1.165, 1.54) is 18.9 Å². The van der Waals surface area contributed by atoms with Gasteiger partial charge in [0.15, 0.2) is 0 Å². The van der Waals surface area contributed by atoms with Crippen molar-refractivity contribution in [1.82, 2.24) is 0 Å². The van der Waals surface area contributed by atoms with E-state index < -0.39 is 0 Å². The number of aromatic hydroxyl groups is 2. The predicted molar refractivity (Wildman–Crippen MR) is 90.1 cm³/mol. The fraction of sp³-hybridized carbons (Fsp3) is 0.611. The second kappa shape index (κ2) is 10.1. The van der Waals surface area contributed by atoms with Crippen molar-refractivity contribution in [3.05, 3.63) is 23.3 Å². The molecule has 0 saturated heterocycles. The molecule has 1 aromatic carbocycles.